The number of hydrogen-bond donors (Lipinski definition) is 2. The van der Waals surface area contributed by atoms with Crippen LogP contribution in [0, 0.1) is 11.6 Å². The number of fused-ring (bicyclic) bond motifs is 1. The smallest absolute Gasteiger partial charge is 0.229 e. The number of nitrogens with zero attached hydrogens (tertiary/aromatic N) is 4. The predicted molar refractivity (Wildman–Crippen MR) is 113 cm³/mol. The highest BCUT2D eigenvalue weighted by Gasteiger charge is 2.12. The fraction of sp³-hybridized carbons (Fsp3) is 0. The van der Waals surface area contributed by atoms with Crippen molar-refractivity contribution in [1.82, 2.24) is 19.5 Å². The fourth-order valence-corrected chi connectivity index (χ4v) is 3.27. The quantitative estimate of drug-likeness (QED) is 0.394. The van der Waals surface area contributed by atoms with E-state index in [1.807, 2.05) is 54.6 Å². The van der Waals surface area contributed by atoms with Gasteiger partial charge in [0, 0.05) is 23.5 Å². The summed E-state index contributed by atoms with van der Waals surface area (Å²) in [5, 5.41) is 12.0. The van der Waals surface area contributed by atoms with Crippen molar-refractivity contribution in [2.24, 2.45) is 0 Å². The van der Waals surface area contributed by atoms with Gasteiger partial charge in [0.15, 0.2) is 23.0 Å². The van der Waals surface area contributed by atoms with Gasteiger partial charge in [-0.1, -0.05) is 42.5 Å². The van der Waals surface area contributed by atoms with Crippen molar-refractivity contribution in [2.75, 3.05) is 5.32 Å². The molecular formula is C23H15F2N5O. The van der Waals surface area contributed by atoms with Crippen LogP contribution in [0.4, 0.5) is 20.4 Å². The molecule has 3 aromatic carbocycles. The van der Waals surface area contributed by atoms with Crippen molar-refractivity contribution < 1.29 is 13.9 Å². The van der Waals surface area contributed by atoms with Crippen LogP contribution in [0.25, 0.3) is 28.0 Å². The number of rotatable bonds is 4. The Kier molecular flexibility index (Phi) is 4.51. The summed E-state index contributed by atoms with van der Waals surface area (Å²) < 4.78 is 29.0. The van der Waals surface area contributed by atoms with Gasteiger partial charge in [-0.3, -0.25) is 4.57 Å². The molecule has 0 saturated carbocycles. The van der Waals surface area contributed by atoms with Crippen LogP contribution in [-0.2, 0) is 0 Å². The topological polar surface area (TPSA) is 75.9 Å². The first-order chi connectivity index (χ1) is 15.1. The summed E-state index contributed by atoms with van der Waals surface area (Å²) in [6.07, 6.45) is 3.16. The zero-order chi connectivity index (χ0) is 21.4. The van der Waals surface area contributed by atoms with Gasteiger partial charge in [-0.25, -0.2) is 18.7 Å². The monoisotopic (exact) mass is 415 g/mol. The number of nitrogens with one attached hydrogen (secondary N) is 1. The molecule has 0 bridgehead atoms. The molecule has 0 radical (unpaired) electrons. The molecule has 0 unspecified atom stereocenters. The maximum atomic E-state index is 13.6. The number of aromatic nitrogens is 4. The molecule has 0 saturated heterocycles. The second kappa shape index (κ2) is 7.49. The van der Waals surface area contributed by atoms with Gasteiger partial charge in [-0.05, 0) is 23.3 Å². The number of benzene rings is 3. The predicted octanol–water partition coefficient (Wildman–Crippen LogP) is 5.21. The van der Waals surface area contributed by atoms with Crippen LogP contribution >= 0.6 is 0 Å². The molecule has 0 spiro atoms. The van der Waals surface area contributed by atoms with Gasteiger partial charge in [0.1, 0.15) is 11.8 Å². The third-order valence-electron chi connectivity index (χ3n) is 4.82. The Bertz CT molecular complexity index is 1360. The summed E-state index contributed by atoms with van der Waals surface area (Å²) in [6.45, 7) is 0. The molecule has 2 aromatic heterocycles. The van der Waals surface area contributed by atoms with Crippen LogP contribution in [0.2, 0.25) is 0 Å². The molecule has 0 atom stereocenters. The second-order valence-corrected chi connectivity index (χ2v) is 6.84. The molecule has 5 rings (SSSR count). The van der Waals surface area contributed by atoms with Crippen molar-refractivity contribution in [3.05, 3.63) is 90.9 Å². The zero-order valence-corrected chi connectivity index (χ0v) is 16.0. The first-order valence-electron chi connectivity index (χ1n) is 9.39. The van der Waals surface area contributed by atoms with Crippen molar-refractivity contribution in [3.63, 3.8) is 0 Å². The van der Waals surface area contributed by atoms with Gasteiger partial charge >= 0.3 is 0 Å². The summed E-state index contributed by atoms with van der Waals surface area (Å²) in [7, 11) is 0. The molecule has 152 valence electrons. The molecule has 0 fully saturated rings. The van der Waals surface area contributed by atoms with Crippen LogP contribution in [0.5, 0.6) is 5.75 Å². The summed E-state index contributed by atoms with van der Waals surface area (Å²) in [5.74, 6) is -3.04. The third-order valence-corrected chi connectivity index (χ3v) is 4.82. The molecular weight excluding hydrogens is 400 g/mol. The lowest BCUT2D eigenvalue weighted by Gasteiger charge is -2.08. The minimum Gasteiger partial charge on any atom is -0.503 e. The highest BCUT2D eigenvalue weighted by atomic mass is 19.1. The number of phenols is 1. The molecule has 31 heavy (non-hydrogen) atoms. The van der Waals surface area contributed by atoms with Crippen molar-refractivity contribution in [3.8, 4) is 22.6 Å². The summed E-state index contributed by atoms with van der Waals surface area (Å²) in [6, 6.07) is 19.9. The first kappa shape index (κ1) is 18.7. The van der Waals surface area contributed by atoms with Gasteiger partial charge in [-0.2, -0.15) is 4.98 Å². The van der Waals surface area contributed by atoms with Gasteiger partial charge in [0.25, 0.3) is 0 Å². The lowest BCUT2D eigenvalue weighted by atomic mass is 10.1. The van der Waals surface area contributed by atoms with Gasteiger partial charge < -0.3 is 10.4 Å². The lowest BCUT2D eigenvalue weighted by molar-refractivity contribution is 0.396. The van der Waals surface area contributed by atoms with Crippen LogP contribution < -0.4 is 5.32 Å². The van der Waals surface area contributed by atoms with Crippen molar-refractivity contribution in [2.45, 2.75) is 0 Å². The molecule has 2 heterocycles. The van der Waals surface area contributed by atoms with Crippen molar-refractivity contribution in [1.29, 1.82) is 0 Å². The Hall–Kier alpha value is -4.33. The maximum Gasteiger partial charge on any atom is 0.229 e. The number of halogens is 2. The van der Waals surface area contributed by atoms with E-state index in [1.54, 1.807) is 10.9 Å². The molecule has 0 aliphatic rings. The number of aromatic hydroxyl groups is 1. The third kappa shape index (κ3) is 3.55. The van der Waals surface area contributed by atoms with Gasteiger partial charge in [-0.15, -0.1) is 0 Å². The Labute approximate surface area is 175 Å². The molecule has 8 heteroatoms. The Morgan fingerprint density at radius 2 is 1.52 bits per heavy atom. The fourth-order valence-electron chi connectivity index (χ4n) is 3.27. The number of phenolic OH excluding ortho intramolecular Hbond substituents is 1. The average molecular weight is 415 g/mol. The molecule has 0 aliphatic heterocycles. The normalized spacial score (nSPS) is 11.0. The largest absolute Gasteiger partial charge is 0.503 e. The van der Waals surface area contributed by atoms with E-state index in [9.17, 15) is 13.9 Å². The van der Waals surface area contributed by atoms with E-state index in [2.05, 4.69) is 20.3 Å². The zero-order valence-electron chi connectivity index (χ0n) is 16.0. The summed E-state index contributed by atoms with van der Waals surface area (Å²) in [4.78, 5) is 12.9. The Morgan fingerprint density at radius 1 is 0.839 bits per heavy atom. The van der Waals surface area contributed by atoms with Crippen LogP contribution in [0.15, 0.2) is 79.3 Å². The Balaban J connectivity index is 1.48. The minimum atomic E-state index is -1.08. The van der Waals surface area contributed by atoms with Crippen LogP contribution in [0.3, 0.4) is 0 Å². The number of hydrogen-bond acceptors (Lipinski definition) is 5. The number of imidazole rings is 1. The van der Waals surface area contributed by atoms with E-state index in [0.717, 1.165) is 28.9 Å². The minimum absolute atomic E-state index is 0.0745. The van der Waals surface area contributed by atoms with E-state index in [-0.39, 0.29) is 11.6 Å². The first-order valence-corrected chi connectivity index (χ1v) is 9.39. The molecule has 2 N–H and O–H groups in total. The van der Waals surface area contributed by atoms with Crippen LogP contribution in [0.1, 0.15) is 0 Å². The lowest BCUT2D eigenvalue weighted by Crippen LogP contribution is -2.00. The highest BCUT2D eigenvalue weighted by Crippen LogP contribution is 2.26. The van der Waals surface area contributed by atoms with E-state index in [1.165, 1.54) is 6.20 Å². The van der Waals surface area contributed by atoms with Crippen LogP contribution in [-0.4, -0.2) is 24.6 Å². The SMILES string of the molecule is Oc1c(F)cc(Nc2ncc3ncn(-c4ccc(-c5ccccc5)cc4)c3n2)cc1F. The van der Waals surface area contributed by atoms with Crippen molar-refractivity contribution >= 4 is 22.8 Å². The maximum absolute atomic E-state index is 13.6. The number of anilines is 2. The highest BCUT2D eigenvalue weighted by molar-refractivity contribution is 5.74. The second-order valence-electron chi connectivity index (χ2n) is 6.84. The average Bonchev–Trinajstić information content (AvgIpc) is 3.21. The molecule has 6 nitrogen and oxygen atoms in total. The van der Waals surface area contributed by atoms with E-state index >= 15 is 0 Å². The molecule has 5 aromatic rings. The Morgan fingerprint density at radius 3 is 2.23 bits per heavy atom. The van der Waals surface area contributed by atoms with Gasteiger partial charge in [0.2, 0.25) is 5.95 Å². The van der Waals surface area contributed by atoms with Gasteiger partial charge in [0.05, 0.1) is 6.20 Å². The van der Waals surface area contributed by atoms with E-state index in [4.69, 9.17) is 0 Å². The van der Waals surface area contributed by atoms with E-state index in [0.29, 0.717) is 11.2 Å². The molecule has 0 aliphatic carbocycles. The standard InChI is InChI=1S/C23H15F2N5O/c24-18-10-16(11-19(25)21(18)31)28-23-26-12-20-22(29-23)30(13-27-20)17-8-6-15(7-9-17)14-4-2-1-3-5-14/h1-13,31H,(H,26,28,29). The molecule has 0 amide bonds. The summed E-state index contributed by atoms with van der Waals surface area (Å²) >= 11 is 0. The van der Waals surface area contributed by atoms with E-state index < -0.39 is 17.4 Å². The summed E-state index contributed by atoms with van der Waals surface area (Å²) in [5.41, 5.74) is 4.23.